The number of rotatable bonds is 4. The van der Waals surface area contributed by atoms with Crippen molar-refractivity contribution in [1.82, 2.24) is 9.97 Å². The van der Waals surface area contributed by atoms with Crippen LogP contribution in [0.4, 0.5) is 23.1 Å². The summed E-state index contributed by atoms with van der Waals surface area (Å²) in [6.07, 6.45) is 0. The van der Waals surface area contributed by atoms with Gasteiger partial charge in [0.05, 0.1) is 24.0 Å². The lowest BCUT2D eigenvalue weighted by atomic mass is 9.99. The predicted molar refractivity (Wildman–Crippen MR) is 110 cm³/mol. The Labute approximate surface area is 170 Å². The lowest BCUT2D eigenvalue weighted by Crippen LogP contribution is -2.34. The number of carbonyl (C=O) groups excluding carboxylic acids is 2. The lowest BCUT2D eigenvalue weighted by molar-refractivity contribution is -0.121. The minimum atomic E-state index is -0.913. The van der Waals surface area contributed by atoms with E-state index in [0.717, 1.165) is 4.90 Å². The van der Waals surface area contributed by atoms with Crippen LogP contribution in [0.1, 0.15) is 11.5 Å². The second-order valence-corrected chi connectivity index (χ2v) is 6.95. The molecule has 3 heterocycles. The van der Waals surface area contributed by atoms with Crippen molar-refractivity contribution in [2.75, 3.05) is 22.6 Å². The van der Waals surface area contributed by atoms with Crippen LogP contribution in [-0.2, 0) is 9.59 Å². The Balaban J connectivity index is 1.50. The van der Waals surface area contributed by atoms with Gasteiger partial charge in [-0.15, -0.1) is 0 Å². The van der Waals surface area contributed by atoms with E-state index >= 15 is 0 Å². The first-order valence-electron chi connectivity index (χ1n) is 9.32. The van der Waals surface area contributed by atoms with Crippen molar-refractivity contribution < 1.29 is 14.3 Å². The molecule has 2 unspecified atom stereocenters. The molecule has 3 aromatic rings. The Bertz CT molecular complexity index is 1220. The van der Waals surface area contributed by atoms with Gasteiger partial charge < -0.3 is 15.4 Å². The zero-order chi connectivity index (χ0) is 20.8. The van der Waals surface area contributed by atoms with Crippen molar-refractivity contribution in [3.8, 4) is 5.75 Å². The maximum atomic E-state index is 13.0. The van der Waals surface area contributed by atoms with E-state index < -0.39 is 29.3 Å². The fourth-order valence-electron chi connectivity index (χ4n) is 3.90. The molecule has 1 fully saturated rings. The quantitative estimate of drug-likeness (QED) is 0.570. The lowest BCUT2D eigenvalue weighted by Gasteiger charge is -2.16. The van der Waals surface area contributed by atoms with Gasteiger partial charge in [-0.05, 0) is 24.3 Å². The smallest absolute Gasteiger partial charge is 0.258 e. The highest BCUT2D eigenvalue weighted by Gasteiger charge is 2.55. The number of nitrogens with zero attached hydrogens (tertiary/aromatic N) is 2. The number of anilines is 4. The molecule has 0 saturated carbocycles. The number of H-pyrrole nitrogens is 1. The summed E-state index contributed by atoms with van der Waals surface area (Å²) in [5.74, 6) is -0.789. The van der Waals surface area contributed by atoms with Gasteiger partial charge in [-0.3, -0.25) is 19.4 Å². The van der Waals surface area contributed by atoms with E-state index in [-0.39, 0.29) is 17.3 Å². The maximum Gasteiger partial charge on any atom is 0.258 e. The summed E-state index contributed by atoms with van der Waals surface area (Å²) in [5.41, 5.74) is 0.781. The molecule has 30 heavy (non-hydrogen) atoms. The normalized spacial score (nSPS) is 19.3. The summed E-state index contributed by atoms with van der Waals surface area (Å²) in [6.45, 7) is 0. The molecule has 0 bridgehead atoms. The van der Waals surface area contributed by atoms with Crippen LogP contribution in [0.15, 0.2) is 59.4 Å². The van der Waals surface area contributed by atoms with Crippen LogP contribution in [0, 0.1) is 0 Å². The fraction of sp³-hybridized carbons (Fsp3) is 0.143. The summed E-state index contributed by atoms with van der Waals surface area (Å²) in [5, 5.41) is 5.96. The third kappa shape index (κ3) is 2.63. The molecule has 2 atom stereocenters. The van der Waals surface area contributed by atoms with E-state index in [1.54, 1.807) is 42.5 Å². The van der Waals surface area contributed by atoms with Crippen LogP contribution < -0.4 is 25.8 Å². The van der Waals surface area contributed by atoms with E-state index in [1.165, 1.54) is 7.11 Å². The highest BCUT2D eigenvalue weighted by Crippen LogP contribution is 2.41. The molecular weight excluding hydrogens is 386 g/mol. The van der Waals surface area contributed by atoms with Crippen LogP contribution in [0.3, 0.4) is 0 Å². The summed E-state index contributed by atoms with van der Waals surface area (Å²) in [6, 6.07) is 15.0. The molecule has 2 aliphatic heterocycles. The number of ether oxygens (including phenoxy) is 1. The predicted octanol–water partition coefficient (Wildman–Crippen LogP) is 1.97. The van der Waals surface area contributed by atoms with Gasteiger partial charge in [0.25, 0.3) is 11.5 Å². The van der Waals surface area contributed by atoms with E-state index in [9.17, 15) is 14.4 Å². The molecular formula is C21H17N5O4. The summed E-state index contributed by atoms with van der Waals surface area (Å²) < 4.78 is 5.29. The largest absolute Gasteiger partial charge is 0.495 e. The van der Waals surface area contributed by atoms with Crippen LogP contribution >= 0.6 is 0 Å². The van der Waals surface area contributed by atoms with Crippen LogP contribution in [0.2, 0.25) is 0 Å². The highest BCUT2D eigenvalue weighted by atomic mass is 16.5. The molecule has 1 aromatic heterocycles. The zero-order valence-electron chi connectivity index (χ0n) is 15.9. The molecule has 1 saturated heterocycles. The Hall–Kier alpha value is -4.14. The number of hydrogen-bond acceptors (Lipinski definition) is 7. The molecule has 5 rings (SSSR count). The number of aromatic nitrogens is 2. The third-order valence-electron chi connectivity index (χ3n) is 5.24. The number of imide groups is 1. The molecule has 3 N–H and O–H groups in total. The van der Waals surface area contributed by atoms with Crippen molar-refractivity contribution in [3.63, 3.8) is 0 Å². The second kappa shape index (κ2) is 6.73. The highest BCUT2D eigenvalue weighted by molar-refractivity contribution is 6.27. The van der Waals surface area contributed by atoms with Gasteiger partial charge in [0, 0.05) is 0 Å². The Morgan fingerprint density at radius 1 is 1.00 bits per heavy atom. The molecule has 2 aliphatic rings. The van der Waals surface area contributed by atoms with Crippen molar-refractivity contribution in [2.24, 2.45) is 0 Å². The molecule has 0 aliphatic carbocycles. The molecule has 150 valence electrons. The number of methoxy groups -OCH3 is 1. The van der Waals surface area contributed by atoms with Crippen LogP contribution in [-0.4, -0.2) is 34.9 Å². The number of nitrogens with one attached hydrogen (secondary N) is 3. The second-order valence-electron chi connectivity index (χ2n) is 6.95. The van der Waals surface area contributed by atoms with Gasteiger partial charge in [0.2, 0.25) is 11.9 Å². The fourth-order valence-corrected chi connectivity index (χ4v) is 3.90. The first-order valence-corrected chi connectivity index (χ1v) is 9.32. The molecule has 9 nitrogen and oxygen atoms in total. The van der Waals surface area contributed by atoms with Gasteiger partial charge in [-0.25, -0.2) is 4.90 Å². The van der Waals surface area contributed by atoms with E-state index in [1.807, 2.05) is 12.1 Å². The number of hydrogen-bond donors (Lipinski definition) is 3. The number of fused-ring (bicyclic) bond motifs is 3. The minimum absolute atomic E-state index is 0.169. The first kappa shape index (κ1) is 17.9. The topological polar surface area (TPSA) is 116 Å². The van der Waals surface area contributed by atoms with E-state index in [0.29, 0.717) is 17.1 Å². The van der Waals surface area contributed by atoms with Gasteiger partial charge >= 0.3 is 0 Å². The number of carbonyl (C=O) groups is 2. The van der Waals surface area contributed by atoms with Gasteiger partial charge in [-0.1, -0.05) is 30.3 Å². The summed E-state index contributed by atoms with van der Waals surface area (Å²) in [7, 11) is 1.54. The van der Waals surface area contributed by atoms with E-state index in [2.05, 4.69) is 20.6 Å². The molecule has 2 amide bonds. The Morgan fingerprint density at radius 3 is 2.50 bits per heavy atom. The van der Waals surface area contributed by atoms with Crippen molar-refractivity contribution >= 4 is 35.0 Å². The van der Waals surface area contributed by atoms with Crippen molar-refractivity contribution in [1.29, 1.82) is 0 Å². The molecule has 9 heteroatoms. The van der Waals surface area contributed by atoms with E-state index in [4.69, 9.17) is 4.74 Å². The number of benzene rings is 2. The number of amides is 2. The van der Waals surface area contributed by atoms with Crippen LogP contribution in [0.25, 0.3) is 0 Å². The van der Waals surface area contributed by atoms with Gasteiger partial charge in [0.1, 0.15) is 23.5 Å². The summed E-state index contributed by atoms with van der Waals surface area (Å²) >= 11 is 0. The average Bonchev–Trinajstić information content (AvgIpc) is 3.25. The summed E-state index contributed by atoms with van der Waals surface area (Å²) in [4.78, 5) is 46.9. The van der Waals surface area contributed by atoms with Gasteiger partial charge in [0.15, 0.2) is 0 Å². The third-order valence-corrected chi connectivity index (χ3v) is 5.24. The molecule has 2 aromatic carbocycles. The van der Waals surface area contributed by atoms with Crippen LogP contribution in [0.5, 0.6) is 5.75 Å². The standard InChI is InChI=1S/C21H17N5O4/c1-30-13-10-6-5-9-12(13)22-21-24-17-15(18(27)25-21)14-16(23-17)20(29)26(19(14)28)11-7-3-2-4-8-11/h2-10,14,16H,1H3,(H3,22,23,24,25,27). The van der Waals surface area contributed by atoms with Crippen molar-refractivity contribution in [3.05, 3.63) is 70.5 Å². The Morgan fingerprint density at radius 2 is 1.73 bits per heavy atom. The monoisotopic (exact) mass is 403 g/mol. The maximum absolute atomic E-state index is 13.0. The SMILES string of the molecule is COc1ccccc1Nc1nc2c(c(=O)[nH]1)C1C(=O)N(c3ccccc3)C(=O)C1N2. The number of para-hydroxylation sites is 3. The average molecular weight is 403 g/mol. The minimum Gasteiger partial charge on any atom is -0.495 e. The Kier molecular flexibility index (Phi) is 4.02. The zero-order valence-corrected chi connectivity index (χ0v) is 15.9. The molecule has 0 spiro atoms. The number of aromatic amines is 1. The molecule has 0 radical (unpaired) electrons. The van der Waals surface area contributed by atoms with Gasteiger partial charge in [-0.2, -0.15) is 4.98 Å². The van der Waals surface area contributed by atoms with Crippen molar-refractivity contribution in [2.45, 2.75) is 12.0 Å². The first-order chi connectivity index (χ1) is 14.6.